The maximum Gasteiger partial charge on any atom is 0.416 e. The summed E-state index contributed by atoms with van der Waals surface area (Å²) >= 11 is 0. The molecule has 0 atom stereocenters. The van der Waals surface area contributed by atoms with Gasteiger partial charge in [-0.15, -0.1) is 0 Å². The lowest BCUT2D eigenvalue weighted by molar-refractivity contribution is -0.138. The van der Waals surface area contributed by atoms with E-state index in [0.717, 1.165) is 6.07 Å². The summed E-state index contributed by atoms with van der Waals surface area (Å²) in [6.07, 6.45) is -4.49. The first-order valence-corrected chi connectivity index (χ1v) is 4.82. The fourth-order valence-corrected chi connectivity index (χ4v) is 1.42. The SMILES string of the molecule is CC(C(=O)O)=C(C)c1ccccc1C(F)(F)F. The highest BCUT2D eigenvalue weighted by Gasteiger charge is 2.33. The lowest BCUT2D eigenvalue weighted by Crippen LogP contribution is -2.09. The van der Waals surface area contributed by atoms with Crippen LogP contribution < -0.4 is 0 Å². The Hall–Kier alpha value is -1.78. The molecular formula is C12H11F3O2. The maximum atomic E-state index is 12.7. The van der Waals surface area contributed by atoms with Gasteiger partial charge in [-0.05, 0) is 31.1 Å². The van der Waals surface area contributed by atoms with E-state index >= 15 is 0 Å². The lowest BCUT2D eigenvalue weighted by Gasteiger charge is -2.13. The molecule has 1 aromatic carbocycles. The molecule has 1 rings (SSSR count). The Labute approximate surface area is 96.4 Å². The predicted octanol–water partition coefficient (Wildman–Crippen LogP) is 3.58. The highest BCUT2D eigenvalue weighted by Crippen LogP contribution is 2.35. The Morgan fingerprint density at radius 3 is 2.18 bits per heavy atom. The first-order valence-electron chi connectivity index (χ1n) is 4.82. The van der Waals surface area contributed by atoms with Crippen molar-refractivity contribution >= 4 is 11.5 Å². The van der Waals surface area contributed by atoms with Crippen molar-refractivity contribution in [2.24, 2.45) is 0 Å². The number of allylic oxidation sites excluding steroid dienone is 1. The van der Waals surface area contributed by atoms with Gasteiger partial charge in [0.1, 0.15) is 0 Å². The van der Waals surface area contributed by atoms with Crippen LogP contribution in [0.3, 0.4) is 0 Å². The molecule has 0 heterocycles. The number of halogens is 3. The maximum absolute atomic E-state index is 12.7. The monoisotopic (exact) mass is 244 g/mol. The zero-order valence-electron chi connectivity index (χ0n) is 9.30. The molecule has 0 aliphatic rings. The number of carboxylic acid groups (broad SMARTS) is 1. The van der Waals surface area contributed by atoms with E-state index in [4.69, 9.17) is 5.11 Å². The summed E-state index contributed by atoms with van der Waals surface area (Å²) < 4.78 is 38.1. The summed E-state index contributed by atoms with van der Waals surface area (Å²) in [5, 5.41) is 8.77. The molecule has 0 amide bonds. The van der Waals surface area contributed by atoms with Crippen LogP contribution in [0.25, 0.3) is 5.57 Å². The van der Waals surface area contributed by atoms with Crippen LogP contribution in [0.5, 0.6) is 0 Å². The van der Waals surface area contributed by atoms with Crippen molar-refractivity contribution in [3.05, 3.63) is 41.0 Å². The number of hydrogen-bond donors (Lipinski definition) is 1. The van der Waals surface area contributed by atoms with Crippen LogP contribution in [0.1, 0.15) is 25.0 Å². The third-order valence-electron chi connectivity index (χ3n) is 2.52. The molecule has 0 aliphatic carbocycles. The standard InChI is InChI=1S/C12H11F3O2/c1-7(8(2)11(16)17)9-5-3-4-6-10(9)12(13,14)15/h3-6H,1-2H3,(H,16,17). The van der Waals surface area contributed by atoms with Gasteiger partial charge in [0.25, 0.3) is 0 Å². The van der Waals surface area contributed by atoms with Gasteiger partial charge in [-0.2, -0.15) is 13.2 Å². The largest absolute Gasteiger partial charge is 0.478 e. The number of benzene rings is 1. The Kier molecular flexibility index (Phi) is 3.60. The second-order valence-corrected chi connectivity index (χ2v) is 3.60. The molecule has 0 aromatic heterocycles. The molecule has 0 unspecified atom stereocenters. The van der Waals surface area contributed by atoms with Crippen LogP contribution >= 0.6 is 0 Å². The van der Waals surface area contributed by atoms with Crippen molar-refractivity contribution < 1.29 is 23.1 Å². The molecule has 0 fully saturated rings. The van der Waals surface area contributed by atoms with E-state index in [2.05, 4.69) is 0 Å². The predicted molar refractivity (Wildman–Crippen MR) is 57.3 cm³/mol. The number of carboxylic acids is 1. The molecule has 0 radical (unpaired) electrons. The van der Waals surface area contributed by atoms with E-state index in [-0.39, 0.29) is 16.7 Å². The third kappa shape index (κ3) is 2.87. The molecule has 0 aliphatic heterocycles. The van der Waals surface area contributed by atoms with E-state index in [1.165, 1.54) is 32.0 Å². The van der Waals surface area contributed by atoms with Gasteiger partial charge in [-0.1, -0.05) is 18.2 Å². The summed E-state index contributed by atoms with van der Waals surface area (Å²) in [4.78, 5) is 10.7. The molecule has 0 saturated heterocycles. The van der Waals surface area contributed by atoms with E-state index in [1.807, 2.05) is 0 Å². The third-order valence-corrected chi connectivity index (χ3v) is 2.52. The van der Waals surface area contributed by atoms with Crippen molar-refractivity contribution in [2.75, 3.05) is 0 Å². The minimum atomic E-state index is -4.49. The van der Waals surface area contributed by atoms with Crippen molar-refractivity contribution in [2.45, 2.75) is 20.0 Å². The van der Waals surface area contributed by atoms with Crippen LogP contribution in [0.2, 0.25) is 0 Å². The molecule has 1 N–H and O–H groups in total. The van der Waals surface area contributed by atoms with Crippen molar-refractivity contribution in [1.29, 1.82) is 0 Å². The van der Waals surface area contributed by atoms with Crippen LogP contribution in [0.15, 0.2) is 29.8 Å². The molecule has 5 heteroatoms. The summed E-state index contributed by atoms with van der Waals surface area (Å²) in [7, 11) is 0. The number of rotatable bonds is 2. The topological polar surface area (TPSA) is 37.3 Å². The Morgan fingerprint density at radius 2 is 1.71 bits per heavy atom. The molecule has 0 bridgehead atoms. The molecule has 1 aromatic rings. The minimum Gasteiger partial charge on any atom is -0.478 e. The van der Waals surface area contributed by atoms with Gasteiger partial charge >= 0.3 is 12.1 Å². The van der Waals surface area contributed by atoms with E-state index in [0.29, 0.717) is 0 Å². The molecule has 2 nitrogen and oxygen atoms in total. The molecular weight excluding hydrogens is 233 g/mol. The highest BCUT2D eigenvalue weighted by molar-refractivity contribution is 5.95. The first-order chi connectivity index (χ1) is 7.75. The Bertz CT molecular complexity index is 473. The summed E-state index contributed by atoms with van der Waals surface area (Å²) in [6.45, 7) is 2.65. The van der Waals surface area contributed by atoms with Crippen LogP contribution in [-0.4, -0.2) is 11.1 Å². The first kappa shape index (κ1) is 13.3. The highest BCUT2D eigenvalue weighted by atomic mass is 19.4. The summed E-state index contributed by atoms with van der Waals surface area (Å²) in [6, 6.07) is 4.93. The summed E-state index contributed by atoms with van der Waals surface area (Å²) in [5.41, 5.74) is -0.898. The van der Waals surface area contributed by atoms with E-state index in [9.17, 15) is 18.0 Å². The smallest absolute Gasteiger partial charge is 0.416 e. The molecule has 17 heavy (non-hydrogen) atoms. The van der Waals surface area contributed by atoms with Crippen LogP contribution in [0, 0.1) is 0 Å². The molecule has 0 saturated carbocycles. The Morgan fingerprint density at radius 1 is 1.18 bits per heavy atom. The summed E-state index contributed by atoms with van der Waals surface area (Å²) in [5.74, 6) is -1.22. The van der Waals surface area contributed by atoms with Gasteiger partial charge in [0.05, 0.1) is 5.56 Å². The van der Waals surface area contributed by atoms with Gasteiger partial charge in [0.15, 0.2) is 0 Å². The van der Waals surface area contributed by atoms with E-state index < -0.39 is 17.7 Å². The number of hydrogen-bond acceptors (Lipinski definition) is 1. The van der Waals surface area contributed by atoms with Gasteiger partial charge in [0, 0.05) is 5.57 Å². The molecule has 92 valence electrons. The van der Waals surface area contributed by atoms with Gasteiger partial charge in [-0.25, -0.2) is 4.79 Å². The van der Waals surface area contributed by atoms with Crippen molar-refractivity contribution in [3.8, 4) is 0 Å². The van der Waals surface area contributed by atoms with E-state index in [1.54, 1.807) is 0 Å². The zero-order valence-corrected chi connectivity index (χ0v) is 9.30. The normalized spacial score (nSPS) is 13.2. The fraction of sp³-hybridized carbons (Fsp3) is 0.250. The van der Waals surface area contributed by atoms with Crippen molar-refractivity contribution in [3.63, 3.8) is 0 Å². The average molecular weight is 244 g/mol. The van der Waals surface area contributed by atoms with Crippen molar-refractivity contribution in [1.82, 2.24) is 0 Å². The van der Waals surface area contributed by atoms with Gasteiger partial charge in [-0.3, -0.25) is 0 Å². The minimum absolute atomic E-state index is 0.0956. The number of alkyl halides is 3. The number of carbonyl (C=O) groups is 1. The van der Waals surface area contributed by atoms with Crippen LogP contribution in [0.4, 0.5) is 13.2 Å². The fourth-order valence-electron chi connectivity index (χ4n) is 1.42. The average Bonchev–Trinajstić information content (AvgIpc) is 2.25. The lowest BCUT2D eigenvalue weighted by atomic mass is 9.97. The second-order valence-electron chi connectivity index (χ2n) is 3.60. The molecule has 0 spiro atoms. The van der Waals surface area contributed by atoms with Gasteiger partial charge < -0.3 is 5.11 Å². The quantitative estimate of drug-likeness (QED) is 0.807. The number of aliphatic carboxylic acids is 1. The Balaban J connectivity index is 3.43. The zero-order chi connectivity index (χ0) is 13.2. The van der Waals surface area contributed by atoms with Gasteiger partial charge in [0.2, 0.25) is 0 Å². The second kappa shape index (κ2) is 4.61. The van der Waals surface area contributed by atoms with Crippen LogP contribution in [-0.2, 0) is 11.0 Å².